The fourth-order valence-electron chi connectivity index (χ4n) is 4.88. The molecule has 5 nitrogen and oxygen atoms in total. The quantitative estimate of drug-likeness (QED) is 0.335. The Morgan fingerprint density at radius 3 is 2.68 bits per heavy atom. The molecule has 0 spiro atoms. The fourth-order valence-corrected chi connectivity index (χ4v) is 5.89. The van der Waals surface area contributed by atoms with E-state index in [0.717, 1.165) is 40.2 Å². The van der Waals surface area contributed by atoms with Gasteiger partial charge in [-0.05, 0) is 85.6 Å². The third kappa shape index (κ3) is 3.65. The van der Waals surface area contributed by atoms with Crippen LogP contribution in [0.25, 0.3) is 16.3 Å². The zero-order valence-electron chi connectivity index (χ0n) is 19.0. The van der Waals surface area contributed by atoms with E-state index >= 15 is 0 Å². The van der Waals surface area contributed by atoms with Gasteiger partial charge in [0, 0.05) is 11.4 Å². The molecule has 34 heavy (non-hydrogen) atoms. The molecule has 0 saturated carbocycles. The van der Waals surface area contributed by atoms with Gasteiger partial charge < -0.3 is 9.84 Å². The predicted octanol–water partition coefficient (Wildman–Crippen LogP) is 6.46. The third-order valence-corrected chi connectivity index (χ3v) is 7.80. The lowest BCUT2D eigenvalue weighted by Gasteiger charge is -2.37. The summed E-state index contributed by atoms with van der Waals surface area (Å²) < 4.78 is 5.85. The zero-order chi connectivity index (χ0) is 23.2. The maximum absolute atomic E-state index is 5.91. The first-order chi connectivity index (χ1) is 16.6. The van der Waals surface area contributed by atoms with Gasteiger partial charge in [-0.1, -0.05) is 47.1 Å². The lowest BCUT2D eigenvalue weighted by molar-refractivity contribution is 0.404. The molecule has 2 aromatic carbocycles. The molecule has 0 bridgehead atoms. The van der Waals surface area contributed by atoms with E-state index in [0.29, 0.717) is 16.8 Å². The zero-order valence-corrected chi connectivity index (χ0v) is 20.7. The first kappa shape index (κ1) is 21.3. The van der Waals surface area contributed by atoms with Crippen LogP contribution >= 0.6 is 23.6 Å². The van der Waals surface area contributed by atoms with Crippen molar-refractivity contribution >= 4 is 39.9 Å². The van der Waals surface area contributed by atoms with E-state index in [-0.39, 0.29) is 6.04 Å². The Labute approximate surface area is 208 Å². The van der Waals surface area contributed by atoms with Crippen LogP contribution in [0.1, 0.15) is 47.5 Å². The van der Waals surface area contributed by atoms with Crippen molar-refractivity contribution in [3.63, 3.8) is 0 Å². The fraction of sp³-hybridized carbons (Fsp3) is 0.222. The van der Waals surface area contributed by atoms with Gasteiger partial charge in [0.15, 0.2) is 5.11 Å². The van der Waals surface area contributed by atoms with Crippen molar-refractivity contribution in [3.05, 3.63) is 93.8 Å². The smallest absolute Gasteiger partial charge is 0.258 e. The molecule has 1 unspecified atom stereocenters. The summed E-state index contributed by atoms with van der Waals surface area (Å²) in [4.78, 5) is 7.88. The summed E-state index contributed by atoms with van der Waals surface area (Å²) in [6.07, 6.45) is 3.48. The van der Waals surface area contributed by atoms with Crippen LogP contribution in [0.3, 0.4) is 0 Å². The Bertz CT molecular complexity index is 1400. The highest BCUT2D eigenvalue weighted by atomic mass is 32.1. The summed E-state index contributed by atoms with van der Waals surface area (Å²) in [5.74, 6) is 1.11. The summed E-state index contributed by atoms with van der Waals surface area (Å²) in [6.45, 7) is 4.18. The van der Waals surface area contributed by atoms with E-state index < -0.39 is 0 Å². The molecule has 6 rings (SSSR count). The SMILES string of the molecule is CC1=C(c2nc(-c3cccs3)no2)C(c2ccc(C)cc2)NC(=S)N1c1ccc2c(c1)CCC2. The minimum atomic E-state index is -0.185. The average molecular weight is 485 g/mol. The van der Waals surface area contributed by atoms with Gasteiger partial charge >= 0.3 is 0 Å². The Hall–Kier alpha value is -3.29. The van der Waals surface area contributed by atoms with Crippen LogP contribution in [0.4, 0.5) is 5.69 Å². The van der Waals surface area contributed by atoms with Crippen LogP contribution in [-0.2, 0) is 12.8 Å². The first-order valence-corrected chi connectivity index (χ1v) is 12.7. The predicted molar refractivity (Wildman–Crippen MR) is 141 cm³/mol. The Balaban J connectivity index is 1.49. The number of nitrogens with one attached hydrogen (secondary N) is 1. The van der Waals surface area contributed by atoms with E-state index in [4.69, 9.17) is 21.7 Å². The van der Waals surface area contributed by atoms with Gasteiger partial charge in [-0.3, -0.25) is 4.90 Å². The molecule has 1 aliphatic carbocycles. The largest absolute Gasteiger partial charge is 0.351 e. The number of benzene rings is 2. The number of allylic oxidation sites excluding steroid dienone is 1. The highest BCUT2D eigenvalue weighted by molar-refractivity contribution is 7.80. The number of anilines is 1. The minimum Gasteiger partial charge on any atom is -0.351 e. The number of thiocarbonyl (C=S) groups is 1. The number of thiophene rings is 1. The molecule has 4 aromatic rings. The number of aryl methyl sites for hydroxylation is 3. The molecule has 2 aromatic heterocycles. The highest BCUT2D eigenvalue weighted by Gasteiger charge is 2.35. The van der Waals surface area contributed by atoms with Gasteiger partial charge in [-0.15, -0.1) is 11.3 Å². The molecule has 0 fully saturated rings. The van der Waals surface area contributed by atoms with E-state index in [1.165, 1.54) is 23.1 Å². The lowest BCUT2D eigenvalue weighted by Crippen LogP contribution is -2.46. The molecule has 0 amide bonds. The Morgan fingerprint density at radius 1 is 1.06 bits per heavy atom. The number of rotatable bonds is 4. The van der Waals surface area contributed by atoms with Crippen molar-refractivity contribution in [1.82, 2.24) is 15.5 Å². The normalized spacial score (nSPS) is 17.8. The molecule has 2 aliphatic rings. The maximum Gasteiger partial charge on any atom is 0.258 e. The van der Waals surface area contributed by atoms with Gasteiger partial charge in [0.1, 0.15) is 0 Å². The van der Waals surface area contributed by atoms with Gasteiger partial charge in [0.05, 0.1) is 16.5 Å². The van der Waals surface area contributed by atoms with Crippen molar-refractivity contribution < 1.29 is 4.52 Å². The number of aromatic nitrogens is 2. The molecule has 170 valence electrons. The first-order valence-electron chi connectivity index (χ1n) is 11.5. The number of nitrogens with zero attached hydrogens (tertiary/aromatic N) is 3. The molecular weight excluding hydrogens is 460 g/mol. The maximum atomic E-state index is 5.91. The van der Waals surface area contributed by atoms with Crippen LogP contribution in [0.15, 0.2) is 70.2 Å². The molecular formula is C27H24N4OS2. The third-order valence-electron chi connectivity index (χ3n) is 6.63. The summed E-state index contributed by atoms with van der Waals surface area (Å²) in [5, 5.41) is 10.5. The molecule has 1 N–H and O–H groups in total. The molecule has 0 radical (unpaired) electrons. The molecule has 1 atom stereocenters. The van der Waals surface area contributed by atoms with Crippen LogP contribution < -0.4 is 10.2 Å². The molecule has 0 saturated heterocycles. The number of hydrogen-bond donors (Lipinski definition) is 1. The molecule has 3 heterocycles. The van der Waals surface area contributed by atoms with Crippen LogP contribution in [0.5, 0.6) is 0 Å². The van der Waals surface area contributed by atoms with Gasteiger partial charge in [0.2, 0.25) is 5.82 Å². The average Bonchev–Trinajstić information content (AvgIpc) is 3.60. The second-order valence-corrected chi connectivity index (χ2v) is 10.2. The Kier molecular flexibility index (Phi) is 5.31. The van der Waals surface area contributed by atoms with Crippen LogP contribution in [-0.4, -0.2) is 15.3 Å². The van der Waals surface area contributed by atoms with Crippen molar-refractivity contribution in [1.29, 1.82) is 0 Å². The van der Waals surface area contributed by atoms with E-state index in [2.05, 4.69) is 71.7 Å². The van der Waals surface area contributed by atoms with E-state index in [1.54, 1.807) is 11.3 Å². The van der Waals surface area contributed by atoms with Gasteiger partial charge in [-0.2, -0.15) is 4.98 Å². The molecule has 1 aliphatic heterocycles. The van der Waals surface area contributed by atoms with Gasteiger partial charge in [-0.25, -0.2) is 0 Å². The summed E-state index contributed by atoms with van der Waals surface area (Å²) in [7, 11) is 0. The van der Waals surface area contributed by atoms with Crippen LogP contribution in [0, 0.1) is 6.92 Å². The summed E-state index contributed by atoms with van der Waals surface area (Å²) >= 11 is 7.50. The second-order valence-electron chi connectivity index (χ2n) is 8.83. The van der Waals surface area contributed by atoms with Crippen molar-refractivity contribution in [2.45, 2.75) is 39.2 Å². The van der Waals surface area contributed by atoms with E-state index in [9.17, 15) is 0 Å². The van der Waals surface area contributed by atoms with Gasteiger partial charge in [0.25, 0.3) is 5.89 Å². The number of hydrogen-bond acceptors (Lipinski definition) is 5. The minimum absolute atomic E-state index is 0.185. The summed E-state index contributed by atoms with van der Waals surface area (Å²) in [6, 6.07) is 19.0. The van der Waals surface area contributed by atoms with Crippen molar-refractivity contribution in [2.75, 3.05) is 4.90 Å². The standard InChI is InChI=1S/C27H24N4OS2/c1-16-8-10-19(11-9-16)24-23(26-29-25(30-32-26)22-7-4-14-34-22)17(2)31(27(33)28-24)21-13-12-18-5-3-6-20(18)15-21/h4,7-15,24H,3,5-6H2,1-2H3,(H,28,33). The highest BCUT2D eigenvalue weighted by Crippen LogP contribution is 2.40. The van der Waals surface area contributed by atoms with Crippen molar-refractivity contribution in [2.24, 2.45) is 0 Å². The van der Waals surface area contributed by atoms with Crippen LogP contribution in [0.2, 0.25) is 0 Å². The monoisotopic (exact) mass is 484 g/mol. The van der Waals surface area contributed by atoms with Crippen molar-refractivity contribution in [3.8, 4) is 10.7 Å². The summed E-state index contributed by atoms with van der Waals surface area (Å²) in [5.41, 5.74) is 8.16. The number of fused-ring (bicyclic) bond motifs is 1. The second kappa shape index (κ2) is 8.49. The molecule has 7 heteroatoms. The topological polar surface area (TPSA) is 54.2 Å². The lowest BCUT2D eigenvalue weighted by atomic mass is 9.94. The van der Waals surface area contributed by atoms with E-state index in [1.807, 2.05) is 17.5 Å². The Morgan fingerprint density at radius 2 is 1.88 bits per heavy atom.